The van der Waals surface area contributed by atoms with Crippen molar-refractivity contribution in [3.63, 3.8) is 0 Å². The molecular weight excluding hydrogens is 701 g/mol. The topological polar surface area (TPSA) is 19.6 Å². The maximum Gasteiger partial charge on any atom is 0.144 e. The van der Waals surface area contributed by atoms with Crippen molar-refractivity contribution >= 4 is 45.5 Å². The monoisotopic (exact) mass is 740 g/mol. The van der Waals surface area contributed by atoms with Gasteiger partial charge < -0.3 is 14.2 Å². The zero-order valence-corrected chi connectivity index (χ0v) is 31.8. The number of nitrogens with zero attached hydrogens (tertiary/aromatic N) is 2. The number of fused-ring (bicyclic) bond motifs is 6. The van der Waals surface area contributed by atoms with E-state index >= 15 is 0 Å². The molecule has 0 spiro atoms. The van der Waals surface area contributed by atoms with Crippen LogP contribution in [0.3, 0.4) is 0 Å². The molecule has 2 aliphatic heterocycles. The van der Waals surface area contributed by atoms with Gasteiger partial charge in [-0.1, -0.05) is 133 Å². The lowest BCUT2D eigenvalue weighted by molar-refractivity contribution is 0.550. The molecule has 2 aliphatic carbocycles. The zero-order valence-electron chi connectivity index (χ0n) is 31.0. The molecule has 0 fully saturated rings. The molecule has 3 heterocycles. The molecule has 1 aromatic heterocycles. The predicted octanol–water partition coefficient (Wildman–Crippen LogP) is 14.4. The lowest BCUT2D eigenvalue weighted by Crippen LogP contribution is -2.29. The molecule has 3 unspecified atom stereocenters. The number of allylic oxidation sites excluding steroid dienone is 5. The third-order valence-electron chi connectivity index (χ3n) is 11.8. The van der Waals surface area contributed by atoms with Crippen LogP contribution in [0.5, 0.6) is 0 Å². The van der Waals surface area contributed by atoms with Gasteiger partial charge >= 0.3 is 0 Å². The minimum absolute atomic E-state index is 0.244. The molecule has 0 amide bonds. The predicted molar refractivity (Wildman–Crippen MR) is 235 cm³/mol. The fourth-order valence-electron chi connectivity index (χ4n) is 9.07. The molecule has 0 bridgehead atoms. The molecule has 6 aromatic carbocycles. The van der Waals surface area contributed by atoms with Gasteiger partial charge in [0.15, 0.2) is 0 Å². The summed E-state index contributed by atoms with van der Waals surface area (Å²) < 4.78 is 6.63. The third-order valence-corrected chi connectivity index (χ3v) is 13.2. The van der Waals surface area contributed by atoms with E-state index in [1.54, 1.807) is 0 Å². The standard InChI is InChI=1S/C52H40N2OS/c1-3-12-35(13-4-1)37-22-28-41(29-23-37)53(42-30-24-38(25-31-42)36-14-5-2-6-15-36)44-17-11-16-40(34-44)39-26-32-43(33-27-39)54-49-45-18-7-9-20-47(45)55-51(49)52-50(54)46-19-8-10-21-48(46)56-52/h1-9,11-15,17-20,22-34,40,50,52H,10,16,21H2. The fourth-order valence-corrected chi connectivity index (χ4v) is 10.6. The van der Waals surface area contributed by atoms with Gasteiger partial charge in [-0.25, -0.2) is 0 Å². The van der Waals surface area contributed by atoms with Gasteiger partial charge in [0, 0.05) is 34.1 Å². The minimum atomic E-state index is 0.244. The first-order valence-corrected chi connectivity index (χ1v) is 20.6. The van der Waals surface area contributed by atoms with Gasteiger partial charge in [0.25, 0.3) is 0 Å². The molecule has 0 radical (unpaired) electrons. The first kappa shape index (κ1) is 33.1. The van der Waals surface area contributed by atoms with Gasteiger partial charge in [-0.2, -0.15) is 0 Å². The molecule has 0 saturated carbocycles. The molecule has 270 valence electrons. The smallest absolute Gasteiger partial charge is 0.144 e. The van der Waals surface area contributed by atoms with E-state index in [0.717, 1.165) is 42.0 Å². The summed E-state index contributed by atoms with van der Waals surface area (Å²) >= 11 is 2.02. The van der Waals surface area contributed by atoms with Gasteiger partial charge in [0.2, 0.25) is 0 Å². The fraction of sp³-hybridized carbons (Fsp3) is 0.115. The Balaban J connectivity index is 0.943. The normalized spacial score (nSPS) is 19.5. The van der Waals surface area contributed by atoms with E-state index in [1.165, 1.54) is 60.8 Å². The van der Waals surface area contributed by atoms with Crippen molar-refractivity contribution in [3.05, 3.63) is 216 Å². The number of hydrogen-bond donors (Lipinski definition) is 0. The number of hydrogen-bond acceptors (Lipinski definition) is 4. The van der Waals surface area contributed by atoms with Crippen molar-refractivity contribution in [2.24, 2.45) is 0 Å². The first-order chi connectivity index (χ1) is 27.8. The summed E-state index contributed by atoms with van der Waals surface area (Å²) in [6, 6.07) is 57.3. The highest BCUT2D eigenvalue weighted by atomic mass is 32.2. The maximum absolute atomic E-state index is 6.63. The highest BCUT2D eigenvalue weighted by Crippen LogP contribution is 2.63. The summed E-state index contributed by atoms with van der Waals surface area (Å²) in [5, 5.41) is 1.47. The van der Waals surface area contributed by atoms with E-state index in [0.29, 0.717) is 0 Å². The number of rotatable bonds is 7. The molecule has 7 aromatic rings. The van der Waals surface area contributed by atoms with Crippen LogP contribution >= 0.6 is 11.8 Å². The highest BCUT2D eigenvalue weighted by molar-refractivity contribution is 8.03. The Labute approximate surface area is 332 Å². The van der Waals surface area contributed by atoms with Gasteiger partial charge in [0.05, 0.1) is 17.0 Å². The van der Waals surface area contributed by atoms with E-state index in [1.807, 2.05) is 11.8 Å². The summed E-state index contributed by atoms with van der Waals surface area (Å²) in [5.41, 5.74) is 14.5. The van der Waals surface area contributed by atoms with Crippen LogP contribution in [-0.2, 0) is 0 Å². The molecule has 0 N–H and O–H groups in total. The van der Waals surface area contributed by atoms with E-state index in [4.69, 9.17) is 4.42 Å². The molecule has 0 saturated heterocycles. The van der Waals surface area contributed by atoms with Crippen LogP contribution in [0.1, 0.15) is 41.8 Å². The highest BCUT2D eigenvalue weighted by Gasteiger charge is 2.50. The average molecular weight is 741 g/mol. The van der Waals surface area contributed by atoms with Gasteiger partial charge in [0.1, 0.15) is 11.3 Å². The van der Waals surface area contributed by atoms with Gasteiger partial charge in [-0.3, -0.25) is 0 Å². The van der Waals surface area contributed by atoms with Crippen LogP contribution < -0.4 is 9.80 Å². The van der Waals surface area contributed by atoms with Crippen LogP contribution in [0.25, 0.3) is 33.2 Å². The minimum Gasteiger partial charge on any atom is -0.458 e. The zero-order chi connectivity index (χ0) is 37.0. The molecule has 3 nitrogen and oxygen atoms in total. The SMILES string of the molecule is C1=CC2=C(CC1)SC1c3oc4ccccc4c3N(c3ccc(C4C=C(N(c5ccc(-c6ccccc6)cc5)c5ccc(-c6ccccc6)cc5)C=CC4)cc3)C21. The third kappa shape index (κ3) is 5.67. The molecule has 4 heteroatoms. The van der Waals surface area contributed by atoms with Crippen molar-refractivity contribution in [3.8, 4) is 22.3 Å². The van der Waals surface area contributed by atoms with Crippen LogP contribution in [-0.4, -0.2) is 6.04 Å². The van der Waals surface area contributed by atoms with E-state index in [-0.39, 0.29) is 17.2 Å². The quantitative estimate of drug-likeness (QED) is 0.162. The second-order valence-electron chi connectivity index (χ2n) is 15.1. The Bertz CT molecular complexity index is 2600. The lowest BCUT2D eigenvalue weighted by Gasteiger charge is -2.30. The summed E-state index contributed by atoms with van der Waals surface area (Å²) in [6.07, 6.45) is 15.0. The van der Waals surface area contributed by atoms with Crippen molar-refractivity contribution in [1.29, 1.82) is 0 Å². The molecule has 11 rings (SSSR count). The van der Waals surface area contributed by atoms with E-state index in [2.05, 4.69) is 198 Å². The number of furan rings is 1. The van der Waals surface area contributed by atoms with Crippen molar-refractivity contribution in [2.75, 3.05) is 9.80 Å². The Morgan fingerprint density at radius 2 is 1.23 bits per heavy atom. The van der Waals surface area contributed by atoms with Crippen LogP contribution in [0.15, 0.2) is 209 Å². The van der Waals surface area contributed by atoms with Crippen LogP contribution in [0.2, 0.25) is 0 Å². The van der Waals surface area contributed by atoms with Crippen molar-refractivity contribution < 1.29 is 4.42 Å². The largest absolute Gasteiger partial charge is 0.458 e. The Hall–Kier alpha value is -6.23. The summed E-state index contributed by atoms with van der Waals surface area (Å²) in [4.78, 5) is 6.50. The summed E-state index contributed by atoms with van der Waals surface area (Å²) in [6.45, 7) is 0. The average Bonchev–Trinajstić information content (AvgIpc) is 3.94. The second-order valence-corrected chi connectivity index (χ2v) is 16.3. The second kappa shape index (κ2) is 13.8. The van der Waals surface area contributed by atoms with Crippen LogP contribution in [0, 0.1) is 0 Å². The van der Waals surface area contributed by atoms with E-state index in [9.17, 15) is 0 Å². The molecule has 56 heavy (non-hydrogen) atoms. The molecule has 4 aliphatic rings. The van der Waals surface area contributed by atoms with Gasteiger partial charge in [-0.15, -0.1) is 11.8 Å². The number of anilines is 4. The first-order valence-electron chi connectivity index (χ1n) is 19.7. The number of benzene rings is 6. The Kier molecular flexibility index (Phi) is 8.17. The van der Waals surface area contributed by atoms with Crippen LogP contribution in [0.4, 0.5) is 22.7 Å². The summed E-state index contributed by atoms with van der Waals surface area (Å²) in [7, 11) is 0. The van der Waals surface area contributed by atoms with Gasteiger partial charge in [-0.05, 0) is 112 Å². The molecular formula is C52H40N2OS. The van der Waals surface area contributed by atoms with E-state index < -0.39 is 0 Å². The molecule has 3 atom stereocenters. The lowest BCUT2D eigenvalue weighted by atomic mass is 9.90. The Morgan fingerprint density at radius 1 is 0.607 bits per heavy atom. The van der Waals surface area contributed by atoms with Crippen molar-refractivity contribution in [1.82, 2.24) is 0 Å². The summed E-state index contributed by atoms with van der Waals surface area (Å²) in [5.74, 6) is 1.36. The maximum atomic E-state index is 6.63. The Morgan fingerprint density at radius 3 is 1.91 bits per heavy atom. The number of thioether (sulfide) groups is 1. The number of para-hydroxylation sites is 1. The van der Waals surface area contributed by atoms with Crippen molar-refractivity contribution in [2.45, 2.75) is 36.5 Å².